The minimum Gasteiger partial charge on any atom is -0.490 e. The van der Waals surface area contributed by atoms with Gasteiger partial charge >= 0.3 is 0 Å². The van der Waals surface area contributed by atoms with E-state index in [0.29, 0.717) is 18.6 Å². The molecule has 6 nitrogen and oxygen atoms in total. The molecule has 2 amide bonds. The third-order valence-electron chi connectivity index (χ3n) is 6.77. The Morgan fingerprint density at radius 3 is 2.69 bits per heavy atom. The predicted octanol–water partition coefficient (Wildman–Crippen LogP) is 2.57. The van der Waals surface area contributed by atoms with E-state index >= 15 is 0 Å². The Bertz CT molecular complexity index is 761. The molecule has 2 saturated heterocycles. The van der Waals surface area contributed by atoms with Gasteiger partial charge in [-0.1, -0.05) is 12.1 Å². The van der Waals surface area contributed by atoms with Crippen LogP contribution in [0.4, 0.5) is 0 Å². The normalized spacial score (nSPS) is 27.7. The lowest BCUT2D eigenvalue weighted by molar-refractivity contribution is -0.133. The molecule has 1 N–H and O–H groups in total. The second kappa shape index (κ2) is 8.34. The van der Waals surface area contributed by atoms with Gasteiger partial charge in [-0.3, -0.25) is 14.5 Å². The molecule has 6 heteroatoms. The lowest BCUT2D eigenvalue weighted by atomic mass is 9.81. The Hall–Kier alpha value is -2.08. The number of amides is 2. The Balaban J connectivity index is 1.45. The number of nitrogens with zero attached hydrogens (tertiary/aromatic N) is 2. The summed E-state index contributed by atoms with van der Waals surface area (Å²) < 4.78 is 6.17. The van der Waals surface area contributed by atoms with E-state index in [2.05, 4.69) is 34.5 Å². The van der Waals surface area contributed by atoms with Crippen molar-refractivity contribution >= 4 is 11.8 Å². The molecule has 1 aliphatic carbocycles. The average Bonchev–Trinajstić information content (AvgIpc) is 3.27. The second-order valence-electron chi connectivity index (χ2n) is 9.10. The molecule has 1 aromatic rings. The molecule has 158 valence electrons. The highest BCUT2D eigenvalue weighted by Crippen LogP contribution is 2.36. The fourth-order valence-electron chi connectivity index (χ4n) is 5.45. The molecule has 0 unspecified atom stereocenters. The Labute approximate surface area is 173 Å². The highest BCUT2D eigenvalue weighted by molar-refractivity contribution is 5.75. The molecule has 2 heterocycles. The first-order valence-electron chi connectivity index (χ1n) is 11.0. The SMILES string of the molecule is CC(=O)N[C@]12CN(Cc3cccc(OC4CCCC4)c3)C[C@H]1CCN(C(C)=O)C2. The number of carbonyl (C=O) groups excluding carboxylic acids is 2. The number of rotatable bonds is 5. The fraction of sp³-hybridized carbons (Fsp3) is 0.652. The quantitative estimate of drug-likeness (QED) is 0.827. The van der Waals surface area contributed by atoms with Crippen molar-refractivity contribution in [1.29, 1.82) is 0 Å². The van der Waals surface area contributed by atoms with E-state index in [1.807, 2.05) is 4.90 Å². The summed E-state index contributed by atoms with van der Waals surface area (Å²) in [5.41, 5.74) is 0.897. The van der Waals surface area contributed by atoms with Crippen molar-refractivity contribution in [3.8, 4) is 5.75 Å². The maximum absolute atomic E-state index is 12.0. The van der Waals surface area contributed by atoms with Gasteiger partial charge in [-0.25, -0.2) is 0 Å². The molecule has 2 atom stereocenters. The van der Waals surface area contributed by atoms with Crippen LogP contribution in [0.5, 0.6) is 5.75 Å². The number of fused-ring (bicyclic) bond motifs is 1. The van der Waals surface area contributed by atoms with Crippen molar-refractivity contribution in [2.75, 3.05) is 26.2 Å². The minimum atomic E-state index is -0.340. The summed E-state index contributed by atoms with van der Waals surface area (Å²) in [6, 6.07) is 8.43. The zero-order valence-corrected chi connectivity index (χ0v) is 17.7. The Kier molecular flexibility index (Phi) is 5.81. The molecule has 0 bridgehead atoms. The molecule has 1 aromatic carbocycles. The summed E-state index contributed by atoms with van der Waals surface area (Å²) in [5, 5.41) is 3.22. The first-order chi connectivity index (χ1) is 13.9. The Morgan fingerprint density at radius 2 is 1.97 bits per heavy atom. The van der Waals surface area contributed by atoms with Crippen LogP contribution in [0.1, 0.15) is 51.5 Å². The van der Waals surface area contributed by atoms with Gasteiger partial charge < -0.3 is 15.0 Å². The minimum absolute atomic E-state index is 0.0192. The summed E-state index contributed by atoms with van der Waals surface area (Å²) in [4.78, 5) is 28.2. The summed E-state index contributed by atoms with van der Waals surface area (Å²) in [5.74, 6) is 1.41. The van der Waals surface area contributed by atoms with Gasteiger partial charge in [0.1, 0.15) is 5.75 Å². The lowest BCUT2D eigenvalue weighted by Crippen LogP contribution is -2.64. The topological polar surface area (TPSA) is 61.9 Å². The summed E-state index contributed by atoms with van der Waals surface area (Å²) in [6.45, 7) is 7.12. The average molecular weight is 400 g/mol. The molecule has 3 fully saturated rings. The molecule has 0 spiro atoms. The van der Waals surface area contributed by atoms with Gasteiger partial charge in [0.15, 0.2) is 0 Å². The van der Waals surface area contributed by atoms with E-state index in [0.717, 1.165) is 51.2 Å². The first kappa shape index (κ1) is 20.2. The highest BCUT2D eigenvalue weighted by Gasteiger charge is 2.50. The standard InChI is InChI=1S/C23H33N3O3/c1-17(27)24-23-15-25(14-20(23)10-11-26(16-23)18(2)28)13-19-6-5-9-22(12-19)29-21-7-3-4-8-21/h5-6,9,12,20-21H,3-4,7-8,10-11,13-16H2,1-2H3,(H,24,27)/t20-,23+/m1/s1. The van der Waals surface area contributed by atoms with Gasteiger partial charge in [-0.05, 0) is 55.7 Å². The molecule has 1 saturated carbocycles. The van der Waals surface area contributed by atoms with Crippen molar-refractivity contribution in [3.05, 3.63) is 29.8 Å². The molecule has 3 aliphatic rings. The summed E-state index contributed by atoms with van der Waals surface area (Å²) in [7, 11) is 0. The number of hydrogen-bond donors (Lipinski definition) is 1. The van der Waals surface area contributed by atoms with Gasteiger partial charge in [0, 0.05) is 46.6 Å². The van der Waals surface area contributed by atoms with Gasteiger partial charge in [0.05, 0.1) is 11.6 Å². The van der Waals surface area contributed by atoms with Gasteiger partial charge in [0.2, 0.25) is 11.8 Å². The Morgan fingerprint density at radius 1 is 1.17 bits per heavy atom. The van der Waals surface area contributed by atoms with E-state index in [1.54, 1.807) is 13.8 Å². The summed E-state index contributed by atoms with van der Waals surface area (Å²) in [6.07, 6.45) is 6.14. The molecular weight excluding hydrogens is 366 g/mol. The lowest BCUT2D eigenvalue weighted by Gasteiger charge is -2.44. The van der Waals surface area contributed by atoms with E-state index in [9.17, 15) is 9.59 Å². The highest BCUT2D eigenvalue weighted by atomic mass is 16.5. The van der Waals surface area contributed by atoms with Gasteiger partial charge in [-0.15, -0.1) is 0 Å². The molecule has 2 aliphatic heterocycles. The van der Waals surface area contributed by atoms with E-state index < -0.39 is 0 Å². The molecule has 29 heavy (non-hydrogen) atoms. The van der Waals surface area contributed by atoms with E-state index in [4.69, 9.17) is 4.74 Å². The number of benzene rings is 1. The van der Waals surface area contributed by atoms with Crippen LogP contribution in [-0.2, 0) is 16.1 Å². The van der Waals surface area contributed by atoms with Crippen LogP contribution in [0.2, 0.25) is 0 Å². The van der Waals surface area contributed by atoms with Crippen LogP contribution >= 0.6 is 0 Å². The molecule has 0 radical (unpaired) electrons. The van der Waals surface area contributed by atoms with Crippen LogP contribution in [0.15, 0.2) is 24.3 Å². The van der Waals surface area contributed by atoms with Crippen LogP contribution in [0, 0.1) is 5.92 Å². The number of piperidine rings is 1. The third kappa shape index (κ3) is 4.58. The number of ether oxygens (including phenoxy) is 1. The van der Waals surface area contributed by atoms with Crippen LogP contribution in [-0.4, -0.2) is 59.4 Å². The van der Waals surface area contributed by atoms with Crippen molar-refractivity contribution in [3.63, 3.8) is 0 Å². The second-order valence-corrected chi connectivity index (χ2v) is 9.10. The van der Waals surface area contributed by atoms with Crippen molar-refractivity contribution in [1.82, 2.24) is 15.1 Å². The zero-order chi connectivity index (χ0) is 20.4. The molecule has 4 rings (SSSR count). The maximum Gasteiger partial charge on any atom is 0.219 e. The van der Waals surface area contributed by atoms with Crippen molar-refractivity contribution in [2.24, 2.45) is 5.92 Å². The van der Waals surface area contributed by atoms with E-state index in [1.165, 1.54) is 18.4 Å². The maximum atomic E-state index is 12.0. The number of hydrogen-bond acceptors (Lipinski definition) is 4. The number of nitrogens with one attached hydrogen (secondary N) is 1. The first-order valence-corrected chi connectivity index (χ1v) is 11.0. The number of carbonyl (C=O) groups is 2. The van der Waals surface area contributed by atoms with Crippen LogP contribution < -0.4 is 10.1 Å². The van der Waals surface area contributed by atoms with Crippen molar-refractivity contribution < 1.29 is 14.3 Å². The van der Waals surface area contributed by atoms with Crippen LogP contribution in [0.25, 0.3) is 0 Å². The monoisotopic (exact) mass is 399 g/mol. The smallest absolute Gasteiger partial charge is 0.219 e. The summed E-state index contributed by atoms with van der Waals surface area (Å²) >= 11 is 0. The largest absolute Gasteiger partial charge is 0.490 e. The molecule has 0 aromatic heterocycles. The van der Waals surface area contributed by atoms with Crippen molar-refractivity contribution in [2.45, 2.75) is 64.1 Å². The van der Waals surface area contributed by atoms with E-state index in [-0.39, 0.29) is 17.4 Å². The zero-order valence-electron chi connectivity index (χ0n) is 17.7. The molecular formula is C23H33N3O3. The predicted molar refractivity (Wildman–Crippen MR) is 112 cm³/mol. The third-order valence-corrected chi connectivity index (χ3v) is 6.77. The van der Waals surface area contributed by atoms with Crippen LogP contribution in [0.3, 0.4) is 0 Å². The number of likely N-dealkylation sites (tertiary alicyclic amines) is 2. The van der Waals surface area contributed by atoms with Gasteiger partial charge in [0.25, 0.3) is 0 Å². The van der Waals surface area contributed by atoms with Gasteiger partial charge in [-0.2, -0.15) is 0 Å². The fourth-order valence-corrected chi connectivity index (χ4v) is 5.45.